The first-order valence-corrected chi connectivity index (χ1v) is 5.42. The van der Waals surface area contributed by atoms with Crippen LogP contribution in [-0.2, 0) is 0 Å². The van der Waals surface area contributed by atoms with Gasteiger partial charge in [-0.15, -0.1) is 0 Å². The standard InChI is InChI=1S/C12H17N3/c1-10-6-2-3-7-11(10)14-12(13)15-8-4-5-9-15/h2-3,6-7H,4-5,8-9H2,1H3,(H2,13,14). The number of likely N-dealkylation sites (tertiary alicyclic amines) is 1. The molecule has 2 N–H and O–H groups in total. The van der Waals surface area contributed by atoms with E-state index in [1.807, 2.05) is 18.2 Å². The molecule has 1 aliphatic rings. The molecule has 2 rings (SSSR count). The molecule has 15 heavy (non-hydrogen) atoms. The lowest BCUT2D eigenvalue weighted by molar-refractivity contribution is 0.513. The van der Waals surface area contributed by atoms with Gasteiger partial charge < -0.3 is 10.6 Å². The summed E-state index contributed by atoms with van der Waals surface area (Å²) in [5.74, 6) is 0.654. The maximum atomic E-state index is 5.96. The summed E-state index contributed by atoms with van der Waals surface area (Å²) in [6, 6.07) is 8.05. The smallest absolute Gasteiger partial charge is 0.196 e. The maximum Gasteiger partial charge on any atom is 0.196 e. The van der Waals surface area contributed by atoms with Gasteiger partial charge in [-0.3, -0.25) is 0 Å². The molecule has 1 aromatic carbocycles. The van der Waals surface area contributed by atoms with Crippen LogP contribution in [-0.4, -0.2) is 23.9 Å². The molecule has 0 bridgehead atoms. The Hall–Kier alpha value is -1.51. The molecule has 1 fully saturated rings. The van der Waals surface area contributed by atoms with E-state index in [2.05, 4.69) is 22.9 Å². The molecule has 1 aromatic rings. The molecule has 0 aromatic heterocycles. The minimum absolute atomic E-state index is 0.654. The summed E-state index contributed by atoms with van der Waals surface area (Å²) in [6.07, 6.45) is 2.45. The molecular formula is C12H17N3. The van der Waals surface area contributed by atoms with Crippen molar-refractivity contribution in [2.24, 2.45) is 10.7 Å². The van der Waals surface area contributed by atoms with Gasteiger partial charge in [0.15, 0.2) is 5.96 Å². The second kappa shape index (κ2) is 4.34. The number of hydrogen-bond donors (Lipinski definition) is 1. The molecule has 0 spiro atoms. The minimum atomic E-state index is 0.654. The topological polar surface area (TPSA) is 41.6 Å². The first-order valence-electron chi connectivity index (χ1n) is 5.42. The third-order valence-electron chi connectivity index (χ3n) is 2.78. The van der Waals surface area contributed by atoms with Crippen molar-refractivity contribution in [3.63, 3.8) is 0 Å². The van der Waals surface area contributed by atoms with E-state index < -0.39 is 0 Å². The molecule has 0 unspecified atom stereocenters. The van der Waals surface area contributed by atoms with Crippen molar-refractivity contribution < 1.29 is 0 Å². The van der Waals surface area contributed by atoms with Crippen molar-refractivity contribution in [3.05, 3.63) is 29.8 Å². The van der Waals surface area contributed by atoms with Gasteiger partial charge in [-0.2, -0.15) is 0 Å². The van der Waals surface area contributed by atoms with Gasteiger partial charge in [0.2, 0.25) is 0 Å². The lowest BCUT2D eigenvalue weighted by Gasteiger charge is -2.15. The normalized spacial score (nSPS) is 17.1. The fourth-order valence-electron chi connectivity index (χ4n) is 1.83. The van der Waals surface area contributed by atoms with Crippen molar-refractivity contribution >= 4 is 11.6 Å². The largest absolute Gasteiger partial charge is 0.369 e. The maximum absolute atomic E-state index is 5.96. The molecule has 3 nitrogen and oxygen atoms in total. The van der Waals surface area contributed by atoms with Crippen LogP contribution in [0.25, 0.3) is 0 Å². The van der Waals surface area contributed by atoms with E-state index in [4.69, 9.17) is 5.73 Å². The third-order valence-corrected chi connectivity index (χ3v) is 2.78. The van der Waals surface area contributed by atoms with Crippen molar-refractivity contribution in [2.45, 2.75) is 19.8 Å². The molecule has 1 saturated heterocycles. The Balaban J connectivity index is 2.18. The summed E-state index contributed by atoms with van der Waals surface area (Å²) >= 11 is 0. The zero-order valence-electron chi connectivity index (χ0n) is 9.11. The predicted molar refractivity (Wildman–Crippen MR) is 63.3 cm³/mol. The van der Waals surface area contributed by atoms with Crippen LogP contribution in [0.4, 0.5) is 5.69 Å². The summed E-state index contributed by atoms with van der Waals surface area (Å²) in [4.78, 5) is 6.61. The number of rotatable bonds is 1. The van der Waals surface area contributed by atoms with Crippen LogP contribution in [0.1, 0.15) is 18.4 Å². The van der Waals surface area contributed by atoms with Gasteiger partial charge in [0.1, 0.15) is 0 Å². The van der Waals surface area contributed by atoms with Crippen molar-refractivity contribution in [1.82, 2.24) is 4.90 Å². The number of nitrogens with zero attached hydrogens (tertiary/aromatic N) is 2. The summed E-state index contributed by atoms with van der Waals surface area (Å²) in [5.41, 5.74) is 8.10. The predicted octanol–water partition coefficient (Wildman–Crippen LogP) is 2.04. The first-order chi connectivity index (χ1) is 7.27. The van der Waals surface area contributed by atoms with Crippen LogP contribution < -0.4 is 5.73 Å². The van der Waals surface area contributed by atoms with Gasteiger partial charge in [0, 0.05) is 13.1 Å². The second-order valence-corrected chi connectivity index (χ2v) is 3.95. The van der Waals surface area contributed by atoms with Crippen molar-refractivity contribution in [3.8, 4) is 0 Å². The SMILES string of the molecule is Cc1ccccc1N=C(N)N1CCCC1. The molecule has 0 saturated carbocycles. The first kappa shape index (κ1) is 10.0. The summed E-state index contributed by atoms with van der Waals surface area (Å²) in [7, 11) is 0. The van der Waals surface area contributed by atoms with Gasteiger partial charge >= 0.3 is 0 Å². The molecular weight excluding hydrogens is 186 g/mol. The van der Waals surface area contributed by atoms with Crippen LogP contribution in [0.5, 0.6) is 0 Å². The average Bonchev–Trinajstić information content (AvgIpc) is 2.74. The molecule has 0 atom stereocenters. The van der Waals surface area contributed by atoms with Crippen LogP contribution in [0.15, 0.2) is 29.3 Å². The van der Waals surface area contributed by atoms with Crippen LogP contribution >= 0.6 is 0 Å². The molecule has 0 aliphatic carbocycles. The van der Waals surface area contributed by atoms with Crippen molar-refractivity contribution in [2.75, 3.05) is 13.1 Å². The number of guanidine groups is 1. The summed E-state index contributed by atoms with van der Waals surface area (Å²) < 4.78 is 0. The second-order valence-electron chi connectivity index (χ2n) is 3.95. The number of hydrogen-bond acceptors (Lipinski definition) is 1. The Bertz CT molecular complexity index is 365. The van der Waals surface area contributed by atoms with Gasteiger partial charge in [-0.1, -0.05) is 18.2 Å². The Morgan fingerprint density at radius 2 is 1.93 bits per heavy atom. The Kier molecular flexibility index (Phi) is 2.90. The van der Waals surface area contributed by atoms with Gasteiger partial charge in [0.05, 0.1) is 5.69 Å². The fourth-order valence-corrected chi connectivity index (χ4v) is 1.83. The van der Waals surface area contributed by atoms with Crippen LogP contribution in [0, 0.1) is 6.92 Å². The zero-order chi connectivity index (χ0) is 10.7. The quantitative estimate of drug-likeness (QED) is 0.560. The molecule has 80 valence electrons. The number of aryl methyl sites for hydroxylation is 1. The highest BCUT2D eigenvalue weighted by molar-refractivity contribution is 5.81. The molecule has 0 radical (unpaired) electrons. The van der Waals surface area contributed by atoms with Gasteiger partial charge in [-0.25, -0.2) is 4.99 Å². The summed E-state index contributed by atoms with van der Waals surface area (Å²) in [6.45, 7) is 4.14. The Morgan fingerprint density at radius 1 is 1.27 bits per heavy atom. The van der Waals surface area contributed by atoms with E-state index in [-0.39, 0.29) is 0 Å². The van der Waals surface area contributed by atoms with E-state index in [1.165, 1.54) is 18.4 Å². The molecule has 0 amide bonds. The lowest BCUT2D eigenvalue weighted by Crippen LogP contribution is -2.34. The fraction of sp³-hybridized carbons (Fsp3) is 0.417. The van der Waals surface area contributed by atoms with Gasteiger partial charge in [0.25, 0.3) is 0 Å². The van der Waals surface area contributed by atoms with Crippen LogP contribution in [0.2, 0.25) is 0 Å². The van der Waals surface area contributed by atoms with E-state index in [1.54, 1.807) is 0 Å². The number of benzene rings is 1. The number of para-hydroxylation sites is 1. The van der Waals surface area contributed by atoms with Crippen LogP contribution in [0.3, 0.4) is 0 Å². The monoisotopic (exact) mass is 203 g/mol. The number of aliphatic imine (C=N–C) groups is 1. The van der Waals surface area contributed by atoms with Gasteiger partial charge in [-0.05, 0) is 31.4 Å². The zero-order valence-corrected chi connectivity index (χ0v) is 9.11. The average molecular weight is 203 g/mol. The Labute approximate surface area is 90.6 Å². The van der Waals surface area contributed by atoms with E-state index in [0.717, 1.165) is 18.8 Å². The van der Waals surface area contributed by atoms with Crippen molar-refractivity contribution in [1.29, 1.82) is 0 Å². The van der Waals surface area contributed by atoms with E-state index >= 15 is 0 Å². The highest BCUT2D eigenvalue weighted by atomic mass is 15.3. The van der Waals surface area contributed by atoms with E-state index in [9.17, 15) is 0 Å². The highest BCUT2D eigenvalue weighted by Crippen LogP contribution is 2.18. The Morgan fingerprint density at radius 3 is 2.60 bits per heavy atom. The highest BCUT2D eigenvalue weighted by Gasteiger charge is 2.13. The van der Waals surface area contributed by atoms with E-state index in [0.29, 0.717) is 5.96 Å². The number of nitrogens with two attached hydrogens (primary N) is 1. The molecule has 1 heterocycles. The lowest BCUT2D eigenvalue weighted by atomic mass is 10.2. The minimum Gasteiger partial charge on any atom is -0.369 e. The molecule has 3 heteroatoms. The summed E-state index contributed by atoms with van der Waals surface area (Å²) in [5, 5.41) is 0. The third kappa shape index (κ3) is 2.29. The molecule has 1 aliphatic heterocycles.